The number of likely N-dealkylation sites (N-methyl/N-ethyl adjacent to an activating group) is 1. The number of likely N-dealkylation sites (tertiary alicyclic amines) is 1. The van der Waals surface area contributed by atoms with Gasteiger partial charge in [0.25, 0.3) is 0 Å². The largest absolute Gasteiger partial charge is 0.453 e. The average Bonchev–Trinajstić information content (AvgIpc) is 3.17. The number of nitrogens with zero attached hydrogens (tertiary/aromatic N) is 1. The van der Waals surface area contributed by atoms with Crippen LogP contribution < -0.4 is 16.0 Å². The smallest absolute Gasteiger partial charge is 0.406 e. The summed E-state index contributed by atoms with van der Waals surface area (Å²) in [5, 5.41) is 9.08. The summed E-state index contributed by atoms with van der Waals surface area (Å²) < 4.78 is 30.4. The second kappa shape index (κ2) is 15.7. The average molecular weight is 523 g/mol. The molecular formula is C27H43FN4O5. The molecule has 2 heterocycles. The Morgan fingerprint density at radius 3 is 2.86 bits per heavy atom. The summed E-state index contributed by atoms with van der Waals surface area (Å²) in [5.74, 6) is 0.212. The molecule has 3 N–H and O–H groups in total. The van der Waals surface area contributed by atoms with Gasteiger partial charge in [-0.2, -0.15) is 0 Å². The first kappa shape index (κ1) is 29.1. The molecule has 3 rings (SSSR count). The molecule has 2 saturated heterocycles. The van der Waals surface area contributed by atoms with Crippen LogP contribution in [0.3, 0.4) is 0 Å². The summed E-state index contributed by atoms with van der Waals surface area (Å²) in [7, 11) is 3.21. The number of amides is 3. The van der Waals surface area contributed by atoms with Crippen LogP contribution in [0.1, 0.15) is 50.2 Å². The van der Waals surface area contributed by atoms with Crippen molar-refractivity contribution < 1.29 is 28.2 Å². The van der Waals surface area contributed by atoms with Crippen LogP contribution in [0.5, 0.6) is 0 Å². The first-order valence-corrected chi connectivity index (χ1v) is 13.5. The number of urea groups is 1. The van der Waals surface area contributed by atoms with E-state index in [0.29, 0.717) is 25.6 Å². The highest BCUT2D eigenvalue weighted by Crippen LogP contribution is 2.33. The molecule has 2 aliphatic heterocycles. The standard InChI is InChI=1S/C27H43FN4O5/c1-29-18-24(16-20-6-5-13-36-14-10-20)31-26(33)32-12-4-8-22(19-32)25(21-7-3-9-23(28)17-21)37-15-11-30-27(34)35-2/h3,7,9,17,20,22,24-25,29H,4-6,8,10-16,18-19H2,1-2H3,(H,30,34)(H,31,33)/t20?,22-,24?,25+/m1/s1. The van der Waals surface area contributed by atoms with Gasteiger partial charge in [0.15, 0.2) is 0 Å². The van der Waals surface area contributed by atoms with E-state index in [1.165, 1.54) is 19.2 Å². The van der Waals surface area contributed by atoms with Crippen LogP contribution in [-0.4, -0.2) is 83.2 Å². The van der Waals surface area contributed by atoms with E-state index >= 15 is 0 Å². The highest BCUT2D eigenvalue weighted by atomic mass is 19.1. The maximum atomic E-state index is 14.1. The van der Waals surface area contributed by atoms with E-state index in [2.05, 4.69) is 20.7 Å². The fourth-order valence-electron chi connectivity index (χ4n) is 5.35. The van der Waals surface area contributed by atoms with Crippen molar-refractivity contribution >= 4 is 12.1 Å². The molecule has 0 aromatic heterocycles. The van der Waals surface area contributed by atoms with Crippen molar-refractivity contribution in [3.8, 4) is 0 Å². The van der Waals surface area contributed by atoms with Crippen molar-refractivity contribution in [2.24, 2.45) is 11.8 Å². The number of methoxy groups -OCH3 is 1. The molecule has 0 spiro atoms. The van der Waals surface area contributed by atoms with Gasteiger partial charge in [-0.3, -0.25) is 0 Å². The summed E-state index contributed by atoms with van der Waals surface area (Å²) in [5.41, 5.74) is 0.731. The predicted molar refractivity (Wildman–Crippen MR) is 139 cm³/mol. The summed E-state index contributed by atoms with van der Waals surface area (Å²) >= 11 is 0. The van der Waals surface area contributed by atoms with Crippen LogP contribution in [0.4, 0.5) is 14.0 Å². The first-order chi connectivity index (χ1) is 18.0. The molecule has 208 valence electrons. The number of rotatable bonds is 11. The third-order valence-corrected chi connectivity index (χ3v) is 7.17. The molecule has 9 nitrogen and oxygen atoms in total. The molecule has 0 bridgehead atoms. The minimum atomic E-state index is -0.529. The van der Waals surface area contributed by atoms with E-state index in [-0.39, 0.29) is 37.0 Å². The quantitative estimate of drug-likeness (QED) is 0.385. The lowest BCUT2D eigenvalue weighted by atomic mass is 9.88. The van der Waals surface area contributed by atoms with Gasteiger partial charge in [-0.05, 0) is 69.2 Å². The number of benzene rings is 1. The Balaban J connectivity index is 1.62. The lowest BCUT2D eigenvalue weighted by Gasteiger charge is -2.38. The highest BCUT2D eigenvalue weighted by molar-refractivity contribution is 5.74. The third kappa shape index (κ3) is 9.75. The number of carbonyl (C=O) groups is 2. The van der Waals surface area contributed by atoms with E-state index in [1.54, 1.807) is 6.07 Å². The Hall–Kier alpha value is -2.43. The molecule has 2 unspecified atom stereocenters. The Morgan fingerprint density at radius 1 is 1.22 bits per heavy atom. The van der Waals surface area contributed by atoms with Crippen molar-refractivity contribution in [1.29, 1.82) is 0 Å². The minimum Gasteiger partial charge on any atom is -0.453 e. The Kier molecular flexibility index (Phi) is 12.4. The molecule has 0 radical (unpaired) electrons. The zero-order valence-electron chi connectivity index (χ0n) is 22.2. The number of hydrogen-bond donors (Lipinski definition) is 3. The molecule has 37 heavy (non-hydrogen) atoms. The topological polar surface area (TPSA) is 101 Å². The molecule has 2 fully saturated rings. The van der Waals surface area contributed by atoms with Gasteiger partial charge in [-0.1, -0.05) is 12.1 Å². The number of halogens is 1. The number of nitrogens with one attached hydrogen (secondary N) is 3. The van der Waals surface area contributed by atoms with Crippen LogP contribution in [0.25, 0.3) is 0 Å². The second-order valence-electron chi connectivity index (χ2n) is 9.96. The van der Waals surface area contributed by atoms with Gasteiger partial charge >= 0.3 is 12.1 Å². The maximum absolute atomic E-state index is 14.1. The zero-order valence-corrected chi connectivity index (χ0v) is 22.2. The summed E-state index contributed by atoms with van der Waals surface area (Å²) in [6.07, 6.45) is 4.91. The lowest BCUT2D eigenvalue weighted by Crippen LogP contribution is -2.52. The van der Waals surface area contributed by atoms with E-state index in [0.717, 1.165) is 57.3 Å². The summed E-state index contributed by atoms with van der Waals surface area (Å²) in [6, 6.07) is 6.38. The van der Waals surface area contributed by atoms with Gasteiger partial charge in [-0.25, -0.2) is 14.0 Å². The highest BCUT2D eigenvalue weighted by Gasteiger charge is 2.32. The number of hydrogen-bond acceptors (Lipinski definition) is 6. The molecule has 4 atom stereocenters. The molecule has 0 saturated carbocycles. The third-order valence-electron chi connectivity index (χ3n) is 7.17. The number of alkyl carbamates (subject to hydrolysis) is 1. The van der Waals surface area contributed by atoms with E-state index in [4.69, 9.17) is 9.47 Å². The number of ether oxygens (including phenoxy) is 3. The van der Waals surface area contributed by atoms with Crippen molar-refractivity contribution in [3.63, 3.8) is 0 Å². The number of carbonyl (C=O) groups excluding carboxylic acids is 2. The van der Waals surface area contributed by atoms with E-state index in [9.17, 15) is 14.0 Å². The van der Waals surface area contributed by atoms with E-state index in [1.807, 2.05) is 18.0 Å². The fourth-order valence-corrected chi connectivity index (χ4v) is 5.35. The Bertz CT molecular complexity index is 837. The van der Waals surface area contributed by atoms with Crippen LogP contribution in [0.15, 0.2) is 24.3 Å². The van der Waals surface area contributed by atoms with Crippen LogP contribution in [0, 0.1) is 17.7 Å². The van der Waals surface area contributed by atoms with Crippen molar-refractivity contribution in [2.75, 3.05) is 60.2 Å². The fraction of sp³-hybridized carbons (Fsp3) is 0.704. The molecule has 2 aliphatic rings. The monoisotopic (exact) mass is 522 g/mol. The van der Waals surface area contributed by atoms with Gasteiger partial charge in [0.1, 0.15) is 5.82 Å². The van der Waals surface area contributed by atoms with Crippen molar-refractivity contribution in [2.45, 2.75) is 50.7 Å². The van der Waals surface area contributed by atoms with Crippen molar-refractivity contribution in [1.82, 2.24) is 20.9 Å². The van der Waals surface area contributed by atoms with Gasteiger partial charge in [0.2, 0.25) is 0 Å². The molecule has 3 amide bonds. The van der Waals surface area contributed by atoms with Crippen LogP contribution in [-0.2, 0) is 14.2 Å². The maximum Gasteiger partial charge on any atom is 0.406 e. The van der Waals surface area contributed by atoms with Gasteiger partial charge < -0.3 is 35.1 Å². The lowest BCUT2D eigenvalue weighted by molar-refractivity contribution is -0.00880. The number of piperidine rings is 1. The van der Waals surface area contributed by atoms with Gasteiger partial charge in [0.05, 0.1) is 19.8 Å². The molecule has 10 heteroatoms. The van der Waals surface area contributed by atoms with Gasteiger partial charge in [-0.15, -0.1) is 0 Å². The minimum absolute atomic E-state index is 0.00109. The molecular weight excluding hydrogens is 479 g/mol. The molecule has 0 aliphatic carbocycles. The Labute approximate surface area is 219 Å². The molecule has 1 aromatic carbocycles. The zero-order chi connectivity index (χ0) is 26.5. The van der Waals surface area contributed by atoms with Crippen LogP contribution in [0.2, 0.25) is 0 Å². The van der Waals surface area contributed by atoms with Crippen LogP contribution >= 0.6 is 0 Å². The summed E-state index contributed by atoms with van der Waals surface area (Å²) in [4.78, 5) is 26.5. The van der Waals surface area contributed by atoms with Gasteiger partial charge in [0, 0.05) is 51.4 Å². The normalized spacial score (nSPS) is 22.0. The predicted octanol–water partition coefficient (Wildman–Crippen LogP) is 3.46. The summed E-state index contributed by atoms with van der Waals surface area (Å²) in [6.45, 7) is 4.02. The SMILES string of the molecule is CNCC(CC1CCCOCC1)NC(=O)N1CCC[C@@H]([C@@H](OCCNC(=O)OC)c2cccc(F)c2)C1. The second-order valence-corrected chi connectivity index (χ2v) is 9.96. The molecule has 1 aromatic rings. The Morgan fingerprint density at radius 2 is 2.08 bits per heavy atom. The first-order valence-electron chi connectivity index (χ1n) is 13.5. The van der Waals surface area contributed by atoms with Crippen molar-refractivity contribution in [3.05, 3.63) is 35.6 Å². The van der Waals surface area contributed by atoms with E-state index < -0.39 is 12.2 Å².